The molecule has 0 atom stereocenters. The van der Waals surface area contributed by atoms with Crippen molar-refractivity contribution in [3.63, 3.8) is 0 Å². The van der Waals surface area contributed by atoms with Crippen molar-refractivity contribution in [3.05, 3.63) is 30.0 Å². The summed E-state index contributed by atoms with van der Waals surface area (Å²) in [5.41, 5.74) is 8.08. The first-order valence-corrected chi connectivity index (χ1v) is 5.69. The second-order valence-corrected chi connectivity index (χ2v) is 3.88. The van der Waals surface area contributed by atoms with E-state index in [-0.39, 0.29) is 0 Å². The molecule has 1 aromatic heterocycles. The van der Waals surface area contributed by atoms with Crippen LogP contribution in [0.2, 0.25) is 0 Å². The van der Waals surface area contributed by atoms with Gasteiger partial charge in [0.1, 0.15) is 5.75 Å². The van der Waals surface area contributed by atoms with Crippen LogP contribution in [-0.2, 0) is 6.54 Å². The molecule has 0 aliphatic heterocycles. The van der Waals surface area contributed by atoms with Gasteiger partial charge in [-0.3, -0.25) is 0 Å². The number of aryl methyl sites for hydroxylation is 1. The molecule has 0 bridgehead atoms. The predicted octanol–water partition coefficient (Wildman–Crippen LogP) is 2.31. The zero-order valence-electron chi connectivity index (χ0n) is 9.86. The SMILES string of the molecule is CCOc1ccc2c(c1)cc(C)n2CCN. The molecule has 1 heterocycles. The van der Waals surface area contributed by atoms with Crippen LogP contribution in [-0.4, -0.2) is 17.7 Å². The molecule has 0 fully saturated rings. The number of nitrogens with two attached hydrogens (primary N) is 1. The van der Waals surface area contributed by atoms with E-state index in [1.54, 1.807) is 0 Å². The van der Waals surface area contributed by atoms with E-state index in [2.05, 4.69) is 29.7 Å². The number of ether oxygens (including phenoxy) is 1. The average molecular weight is 218 g/mol. The maximum atomic E-state index is 5.61. The van der Waals surface area contributed by atoms with Crippen LogP contribution in [0, 0.1) is 6.92 Å². The number of hydrogen-bond donors (Lipinski definition) is 1. The van der Waals surface area contributed by atoms with Gasteiger partial charge in [-0.15, -0.1) is 0 Å². The van der Waals surface area contributed by atoms with Crippen molar-refractivity contribution in [1.82, 2.24) is 4.57 Å². The lowest BCUT2D eigenvalue weighted by Crippen LogP contribution is -2.10. The van der Waals surface area contributed by atoms with Gasteiger partial charge in [-0.2, -0.15) is 0 Å². The van der Waals surface area contributed by atoms with Crippen LogP contribution < -0.4 is 10.5 Å². The molecule has 0 saturated carbocycles. The van der Waals surface area contributed by atoms with E-state index in [0.717, 1.165) is 12.3 Å². The number of rotatable bonds is 4. The molecule has 1 aromatic carbocycles. The van der Waals surface area contributed by atoms with Crippen molar-refractivity contribution >= 4 is 10.9 Å². The van der Waals surface area contributed by atoms with Crippen molar-refractivity contribution in [2.24, 2.45) is 5.73 Å². The predicted molar refractivity (Wildman–Crippen MR) is 66.9 cm³/mol. The van der Waals surface area contributed by atoms with Crippen LogP contribution in [0.5, 0.6) is 5.75 Å². The highest BCUT2D eigenvalue weighted by atomic mass is 16.5. The van der Waals surface area contributed by atoms with Gasteiger partial charge in [0.2, 0.25) is 0 Å². The minimum atomic E-state index is 0.665. The van der Waals surface area contributed by atoms with Gasteiger partial charge in [0.25, 0.3) is 0 Å². The Kier molecular flexibility index (Phi) is 3.15. The molecule has 0 saturated heterocycles. The molecular formula is C13H18N2O. The van der Waals surface area contributed by atoms with Crippen molar-refractivity contribution in [2.75, 3.05) is 13.2 Å². The maximum Gasteiger partial charge on any atom is 0.120 e. The summed E-state index contributed by atoms with van der Waals surface area (Å²) in [6, 6.07) is 8.37. The first-order chi connectivity index (χ1) is 7.76. The summed E-state index contributed by atoms with van der Waals surface area (Å²) in [7, 11) is 0. The summed E-state index contributed by atoms with van der Waals surface area (Å²) < 4.78 is 7.73. The number of benzene rings is 1. The van der Waals surface area contributed by atoms with Gasteiger partial charge in [-0.05, 0) is 38.1 Å². The minimum Gasteiger partial charge on any atom is -0.494 e. The third-order valence-corrected chi connectivity index (χ3v) is 2.74. The van der Waals surface area contributed by atoms with E-state index in [1.165, 1.54) is 16.6 Å². The van der Waals surface area contributed by atoms with Crippen LogP contribution in [0.4, 0.5) is 0 Å². The van der Waals surface area contributed by atoms with Gasteiger partial charge in [0.15, 0.2) is 0 Å². The molecule has 2 rings (SSSR count). The summed E-state index contributed by atoms with van der Waals surface area (Å²) in [5.74, 6) is 0.930. The van der Waals surface area contributed by atoms with Gasteiger partial charge in [0.05, 0.1) is 6.61 Å². The zero-order valence-corrected chi connectivity index (χ0v) is 9.86. The molecule has 2 N–H and O–H groups in total. The fourth-order valence-corrected chi connectivity index (χ4v) is 2.07. The number of aromatic nitrogens is 1. The first kappa shape index (κ1) is 11.0. The molecule has 2 aromatic rings. The molecule has 0 spiro atoms. The molecule has 0 unspecified atom stereocenters. The van der Waals surface area contributed by atoms with Gasteiger partial charge >= 0.3 is 0 Å². The summed E-state index contributed by atoms with van der Waals surface area (Å²) >= 11 is 0. The second-order valence-electron chi connectivity index (χ2n) is 3.88. The van der Waals surface area contributed by atoms with Crippen molar-refractivity contribution in [2.45, 2.75) is 20.4 Å². The largest absolute Gasteiger partial charge is 0.494 e. The normalized spacial score (nSPS) is 10.9. The molecule has 3 nitrogen and oxygen atoms in total. The number of nitrogens with zero attached hydrogens (tertiary/aromatic N) is 1. The van der Waals surface area contributed by atoms with Gasteiger partial charge < -0.3 is 15.0 Å². The van der Waals surface area contributed by atoms with E-state index in [9.17, 15) is 0 Å². The Morgan fingerprint density at radius 2 is 2.12 bits per heavy atom. The highest BCUT2D eigenvalue weighted by molar-refractivity contribution is 5.82. The van der Waals surface area contributed by atoms with Gasteiger partial charge in [-0.1, -0.05) is 0 Å². The lowest BCUT2D eigenvalue weighted by molar-refractivity contribution is 0.340. The number of hydrogen-bond acceptors (Lipinski definition) is 2. The van der Waals surface area contributed by atoms with Crippen LogP contribution in [0.25, 0.3) is 10.9 Å². The Morgan fingerprint density at radius 1 is 1.31 bits per heavy atom. The number of fused-ring (bicyclic) bond motifs is 1. The standard InChI is InChI=1S/C13H18N2O/c1-3-16-12-4-5-13-11(9-12)8-10(2)15(13)7-6-14/h4-5,8-9H,3,6-7,14H2,1-2H3. The Morgan fingerprint density at radius 3 is 2.81 bits per heavy atom. The minimum absolute atomic E-state index is 0.665. The summed E-state index contributed by atoms with van der Waals surface area (Å²) in [6.45, 7) is 6.33. The van der Waals surface area contributed by atoms with Crippen LogP contribution >= 0.6 is 0 Å². The lowest BCUT2D eigenvalue weighted by Gasteiger charge is -2.07. The zero-order chi connectivity index (χ0) is 11.5. The van der Waals surface area contributed by atoms with Crippen LogP contribution in [0.15, 0.2) is 24.3 Å². The van der Waals surface area contributed by atoms with Crippen molar-refractivity contribution in [1.29, 1.82) is 0 Å². The van der Waals surface area contributed by atoms with Crippen molar-refractivity contribution in [3.8, 4) is 5.75 Å². The van der Waals surface area contributed by atoms with E-state index in [1.807, 2.05) is 13.0 Å². The fraction of sp³-hybridized carbons (Fsp3) is 0.385. The Labute approximate surface area is 95.8 Å². The molecule has 0 radical (unpaired) electrons. The van der Waals surface area contributed by atoms with Crippen LogP contribution in [0.3, 0.4) is 0 Å². The Hall–Kier alpha value is -1.48. The highest BCUT2D eigenvalue weighted by Crippen LogP contribution is 2.24. The fourth-order valence-electron chi connectivity index (χ4n) is 2.07. The third-order valence-electron chi connectivity index (χ3n) is 2.74. The molecule has 16 heavy (non-hydrogen) atoms. The molecule has 0 amide bonds. The van der Waals surface area contributed by atoms with E-state index in [0.29, 0.717) is 13.2 Å². The van der Waals surface area contributed by atoms with Crippen LogP contribution in [0.1, 0.15) is 12.6 Å². The Balaban J connectivity index is 2.47. The van der Waals surface area contributed by atoms with Crippen molar-refractivity contribution < 1.29 is 4.74 Å². The molecule has 0 aliphatic rings. The van der Waals surface area contributed by atoms with E-state index in [4.69, 9.17) is 10.5 Å². The summed E-state index contributed by atoms with van der Waals surface area (Å²) in [6.07, 6.45) is 0. The average Bonchev–Trinajstić information content (AvgIpc) is 2.56. The molecule has 86 valence electrons. The molecular weight excluding hydrogens is 200 g/mol. The highest BCUT2D eigenvalue weighted by Gasteiger charge is 2.05. The summed E-state index contributed by atoms with van der Waals surface area (Å²) in [4.78, 5) is 0. The van der Waals surface area contributed by atoms with Gasteiger partial charge in [0, 0.05) is 29.7 Å². The van der Waals surface area contributed by atoms with Gasteiger partial charge in [-0.25, -0.2) is 0 Å². The monoisotopic (exact) mass is 218 g/mol. The maximum absolute atomic E-state index is 5.61. The summed E-state index contributed by atoms with van der Waals surface area (Å²) in [5, 5.41) is 1.22. The Bertz CT molecular complexity index is 488. The first-order valence-electron chi connectivity index (χ1n) is 5.69. The lowest BCUT2D eigenvalue weighted by atomic mass is 10.2. The van der Waals surface area contributed by atoms with E-state index >= 15 is 0 Å². The van der Waals surface area contributed by atoms with E-state index < -0.39 is 0 Å². The molecule has 3 heteroatoms. The quantitative estimate of drug-likeness (QED) is 0.855. The topological polar surface area (TPSA) is 40.2 Å². The third kappa shape index (κ3) is 1.91. The smallest absolute Gasteiger partial charge is 0.120 e. The molecule has 0 aliphatic carbocycles. The second kappa shape index (κ2) is 4.58.